The van der Waals surface area contributed by atoms with E-state index in [9.17, 15) is 4.39 Å². The monoisotopic (exact) mass is 272 g/mol. The van der Waals surface area contributed by atoms with E-state index in [1.54, 1.807) is 17.4 Å². The van der Waals surface area contributed by atoms with Gasteiger partial charge in [-0.1, -0.05) is 12.1 Å². The van der Waals surface area contributed by atoms with Crippen LogP contribution < -0.4 is 0 Å². The van der Waals surface area contributed by atoms with Crippen molar-refractivity contribution in [3.63, 3.8) is 0 Å². The van der Waals surface area contributed by atoms with E-state index in [0.29, 0.717) is 0 Å². The molecule has 0 aliphatic heterocycles. The summed E-state index contributed by atoms with van der Waals surface area (Å²) in [7, 11) is 0. The van der Waals surface area contributed by atoms with Gasteiger partial charge in [0.1, 0.15) is 0 Å². The average molecular weight is 272 g/mol. The minimum atomic E-state index is -0.112. The number of rotatable bonds is 0. The van der Waals surface area contributed by atoms with Crippen LogP contribution in [-0.2, 0) is 0 Å². The summed E-state index contributed by atoms with van der Waals surface area (Å²) in [6.07, 6.45) is 0. The molecule has 0 spiro atoms. The van der Waals surface area contributed by atoms with Crippen LogP contribution in [0.1, 0.15) is 4.88 Å². The highest BCUT2D eigenvalue weighted by molar-refractivity contribution is 7.19. The molecule has 2 aromatic carbocycles. The van der Waals surface area contributed by atoms with Crippen LogP contribution in [0, 0.1) is 12.1 Å². The SMILES string of the molecule is Cc1cc2c(ccc3c4cc(F)sc4ccc23)s1. The van der Waals surface area contributed by atoms with Gasteiger partial charge in [0.05, 0.1) is 0 Å². The topological polar surface area (TPSA) is 0 Å². The summed E-state index contributed by atoms with van der Waals surface area (Å²) in [6.45, 7) is 2.12. The highest BCUT2D eigenvalue weighted by atomic mass is 32.1. The molecule has 88 valence electrons. The van der Waals surface area contributed by atoms with Gasteiger partial charge in [-0.25, -0.2) is 0 Å². The molecule has 0 bridgehead atoms. The number of benzene rings is 2. The van der Waals surface area contributed by atoms with Crippen LogP contribution >= 0.6 is 22.7 Å². The second kappa shape index (κ2) is 3.53. The molecule has 18 heavy (non-hydrogen) atoms. The van der Waals surface area contributed by atoms with Crippen molar-refractivity contribution >= 4 is 53.6 Å². The second-order valence-electron chi connectivity index (χ2n) is 4.46. The van der Waals surface area contributed by atoms with Crippen LogP contribution in [0.25, 0.3) is 30.9 Å². The standard InChI is InChI=1S/C15H9FS2/c1-8-6-11-9-3-5-14-12(7-15(16)18-14)10(9)2-4-13(11)17-8/h2-7H,1H3. The molecule has 0 atom stereocenters. The highest BCUT2D eigenvalue weighted by Crippen LogP contribution is 2.37. The lowest BCUT2D eigenvalue weighted by atomic mass is 10.0. The molecule has 0 aliphatic carbocycles. The molecule has 4 aromatic rings. The van der Waals surface area contributed by atoms with E-state index >= 15 is 0 Å². The van der Waals surface area contributed by atoms with Gasteiger partial charge < -0.3 is 0 Å². The number of fused-ring (bicyclic) bond motifs is 5. The number of aryl methyl sites for hydroxylation is 1. The maximum atomic E-state index is 13.4. The molecule has 0 radical (unpaired) electrons. The van der Waals surface area contributed by atoms with Gasteiger partial charge in [0.25, 0.3) is 0 Å². The Morgan fingerprint density at radius 2 is 1.39 bits per heavy atom. The van der Waals surface area contributed by atoms with Gasteiger partial charge in [-0.3, -0.25) is 0 Å². The molecule has 4 rings (SSSR count). The van der Waals surface area contributed by atoms with Crippen molar-refractivity contribution < 1.29 is 4.39 Å². The molecule has 0 N–H and O–H groups in total. The van der Waals surface area contributed by atoms with Crippen molar-refractivity contribution in [2.45, 2.75) is 6.92 Å². The van der Waals surface area contributed by atoms with E-state index in [2.05, 4.69) is 31.2 Å². The summed E-state index contributed by atoms with van der Waals surface area (Å²) in [4.78, 5) is 1.31. The van der Waals surface area contributed by atoms with Gasteiger partial charge in [-0.2, -0.15) is 4.39 Å². The van der Waals surface area contributed by atoms with Crippen molar-refractivity contribution in [2.75, 3.05) is 0 Å². The van der Waals surface area contributed by atoms with Crippen LogP contribution in [0.2, 0.25) is 0 Å². The first kappa shape index (κ1) is 10.5. The summed E-state index contributed by atoms with van der Waals surface area (Å²) < 4.78 is 15.7. The number of hydrogen-bond donors (Lipinski definition) is 0. The molecule has 0 saturated carbocycles. The maximum absolute atomic E-state index is 13.4. The molecule has 3 heteroatoms. The zero-order valence-electron chi connectivity index (χ0n) is 9.66. The normalized spacial score (nSPS) is 11.9. The lowest BCUT2D eigenvalue weighted by Gasteiger charge is -2.01. The second-order valence-corrected chi connectivity index (χ2v) is 6.78. The number of halogens is 1. The minimum absolute atomic E-state index is 0.112. The van der Waals surface area contributed by atoms with Crippen LogP contribution in [0.5, 0.6) is 0 Å². The fraction of sp³-hybridized carbons (Fsp3) is 0.0667. The molecule has 0 aliphatic rings. The van der Waals surface area contributed by atoms with Gasteiger partial charge in [0.15, 0.2) is 5.13 Å². The number of hydrogen-bond acceptors (Lipinski definition) is 2. The Kier molecular flexibility index (Phi) is 2.05. The zero-order valence-corrected chi connectivity index (χ0v) is 11.3. The lowest BCUT2D eigenvalue weighted by Crippen LogP contribution is -1.74. The molecule has 0 unspecified atom stereocenters. The Bertz CT molecular complexity index is 823. The molecule has 2 heterocycles. The predicted octanol–water partition coefficient (Wildman–Crippen LogP) is 5.72. The smallest absolute Gasteiger partial charge is 0.177 e. The third kappa shape index (κ3) is 1.35. The fourth-order valence-corrected chi connectivity index (χ4v) is 4.28. The van der Waals surface area contributed by atoms with E-state index < -0.39 is 0 Å². The molecule has 0 nitrogen and oxygen atoms in total. The largest absolute Gasteiger partial charge is 0.195 e. The van der Waals surface area contributed by atoms with Crippen molar-refractivity contribution in [1.82, 2.24) is 0 Å². The van der Waals surface area contributed by atoms with E-state index in [1.165, 1.54) is 31.7 Å². The van der Waals surface area contributed by atoms with Crippen LogP contribution in [0.4, 0.5) is 4.39 Å². The van der Waals surface area contributed by atoms with Crippen molar-refractivity contribution in [2.24, 2.45) is 0 Å². The first-order chi connectivity index (χ1) is 8.72. The third-order valence-corrected chi connectivity index (χ3v) is 5.19. The summed E-state index contributed by atoms with van der Waals surface area (Å²) in [5, 5.41) is 4.57. The van der Waals surface area contributed by atoms with Crippen molar-refractivity contribution in [3.05, 3.63) is 46.4 Å². The Labute approximate surface area is 111 Å². The van der Waals surface area contributed by atoms with Gasteiger partial charge >= 0.3 is 0 Å². The summed E-state index contributed by atoms with van der Waals surface area (Å²) in [5.41, 5.74) is 0. The van der Waals surface area contributed by atoms with Crippen molar-refractivity contribution in [1.29, 1.82) is 0 Å². The highest BCUT2D eigenvalue weighted by Gasteiger charge is 2.09. The quantitative estimate of drug-likeness (QED) is 0.384. The molecular formula is C15H9FS2. The Morgan fingerprint density at radius 1 is 0.778 bits per heavy atom. The first-order valence-corrected chi connectivity index (χ1v) is 7.36. The minimum Gasteiger partial charge on any atom is -0.195 e. The Balaban J connectivity index is 2.29. The molecule has 2 aromatic heterocycles. The van der Waals surface area contributed by atoms with Gasteiger partial charge in [0.2, 0.25) is 0 Å². The fourth-order valence-electron chi connectivity index (χ4n) is 2.54. The molecule has 0 fully saturated rings. The predicted molar refractivity (Wildman–Crippen MR) is 79.4 cm³/mol. The zero-order chi connectivity index (χ0) is 12.3. The van der Waals surface area contributed by atoms with E-state index in [-0.39, 0.29) is 5.13 Å². The average Bonchev–Trinajstić information content (AvgIpc) is 2.89. The Hall–Kier alpha value is -1.45. The van der Waals surface area contributed by atoms with E-state index in [1.807, 2.05) is 6.07 Å². The number of thiophene rings is 2. The summed E-state index contributed by atoms with van der Waals surface area (Å²) in [5.74, 6) is 0. The third-order valence-electron chi connectivity index (χ3n) is 3.29. The van der Waals surface area contributed by atoms with Crippen molar-refractivity contribution in [3.8, 4) is 0 Å². The van der Waals surface area contributed by atoms with Crippen LogP contribution in [0.3, 0.4) is 0 Å². The molecule has 0 saturated heterocycles. The Morgan fingerprint density at radius 3 is 2.11 bits per heavy atom. The first-order valence-electron chi connectivity index (χ1n) is 5.73. The summed E-state index contributed by atoms with van der Waals surface area (Å²) >= 11 is 3.02. The molecule has 0 amide bonds. The van der Waals surface area contributed by atoms with E-state index in [4.69, 9.17) is 0 Å². The van der Waals surface area contributed by atoms with E-state index in [0.717, 1.165) is 15.5 Å². The van der Waals surface area contributed by atoms with Gasteiger partial charge in [-0.15, -0.1) is 22.7 Å². The summed E-state index contributed by atoms with van der Waals surface area (Å²) in [6, 6.07) is 12.3. The van der Waals surface area contributed by atoms with Crippen LogP contribution in [0.15, 0.2) is 36.4 Å². The van der Waals surface area contributed by atoms with Gasteiger partial charge in [-0.05, 0) is 42.0 Å². The lowest BCUT2D eigenvalue weighted by molar-refractivity contribution is 0.658. The molecular weight excluding hydrogens is 263 g/mol. The van der Waals surface area contributed by atoms with Gasteiger partial charge in [0, 0.05) is 25.0 Å². The maximum Gasteiger partial charge on any atom is 0.177 e. The van der Waals surface area contributed by atoms with Crippen LogP contribution in [-0.4, -0.2) is 0 Å².